The molecule has 114 valence electrons. The van der Waals surface area contributed by atoms with Crippen LogP contribution in [-0.2, 0) is 0 Å². The standard InChI is InChI=1S/C17H28ClNS/c1-4-12-19-16(7-5-6-14(2)3)13-20-17-10-8-15(18)9-11-17/h8-11,14,16,19H,4-7,12-13H2,1-3H3. The van der Waals surface area contributed by atoms with E-state index in [-0.39, 0.29) is 0 Å². The van der Waals surface area contributed by atoms with Crippen LogP contribution in [0.25, 0.3) is 0 Å². The van der Waals surface area contributed by atoms with Gasteiger partial charge in [0.1, 0.15) is 0 Å². The summed E-state index contributed by atoms with van der Waals surface area (Å²) in [5.41, 5.74) is 0. The molecule has 0 saturated carbocycles. The van der Waals surface area contributed by atoms with Crippen molar-refractivity contribution in [2.24, 2.45) is 5.92 Å². The molecule has 1 rings (SSSR count). The summed E-state index contributed by atoms with van der Waals surface area (Å²) >= 11 is 7.84. The van der Waals surface area contributed by atoms with Crippen molar-refractivity contribution in [1.82, 2.24) is 5.32 Å². The molecule has 3 heteroatoms. The lowest BCUT2D eigenvalue weighted by atomic mass is 10.0. The Morgan fingerprint density at radius 1 is 1.15 bits per heavy atom. The molecular formula is C17H28ClNS. The van der Waals surface area contributed by atoms with Gasteiger partial charge in [0.05, 0.1) is 0 Å². The van der Waals surface area contributed by atoms with Gasteiger partial charge >= 0.3 is 0 Å². The minimum Gasteiger partial charge on any atom is -0.313 e. The van der Waals surface area contributed by atoms with E-state index in [9.17, 15) is 0 Å². The average Bonchev–Trinajstić information content (AvgIpc) is 2.42. The van der Waals surface area contributed by atoms with E-state index in [4.69, 9.17) is 11.6 Å². The predicted octanol–water partition coefficient (Wildman–Crippen LogP) is 5.63. The first kappa shape index (κ1) is 17.9. The molecule has 0 aliphatic heterocycles. The number of rotatable bonds is 10. The van der Waals surface area contributed by atoms with Gasteiger partial charge in [-0.05, 0) is 49.6 Å². The number of hydrogen-bond acceptors (Lipinski definition) is 2. The molecule has 0 saturated heterocycles. The Morgan fingerprint density at radius 3 is 2.45 bits per heavy atom. The van der Waals surface area contributed by atoms with Crippen LogP contribution >= 0.6 is 23.4 Å². The smallest absolute Gasteiger partial charge is 0.0406 e. The molecule has 1 N–H and O–H groups in total. The Morgan fingerprint density at radius 2 is 1.85 bits per heavy atom. The predicted molar refractivity (Wildman–Crippen MR) is 92.9 cm³/mol. The Kier molecular flexibility index (Phi) is 9.41. The van der Waals surface area contributed by atoms with Gasteiger partial charge in [-0.2, -0.15) is 0 Å². The molecule has 0 amide bonds. The Hall–Kier alpha value is -0.180. The lowest BCUT2D eigenvalue weighted by Crippen LogP contribution is -2.32. The first-order valence-corrected chi connectivity index (χ1v) is 9.10. The summed E-state index contributed by atoms with van der Waals surface area (Å²) in [6.07, 6.45) is 5.13. The molecule has 1 aromatic carbocycles. The van der Waals surface area contributed by atoms with E-state index in [0.717, 1.165) is 23.2 Å². The summed E-state index contributed by atoms with van der Waals surface area (Å²) < 4.78 is 0. The van der Waals surface area contributed by atoms with E-state index in [1.807, 2.05) is 23.9 Å². The molecule has 1 aromatic rings. The van der Waals surface area contributed by atoms with Crippen molar-refractivity contribution in [2.75, 3.05) is 12.3 Å². The SMILES string of the molecule is CCCNC(CCCC(C)C)CSc1ccc(Cl)cc1. The van der Waals surface area contributed by atoms with Crippen LogP contribution < -0.4 is 5.32 Å². The minimum atomic E-state index is 0.620. The molecule has 0 aliphatic carbocycles. The highest BCUT2D eigenvalue weighted by atomic mass is 35.5. The van der Waals surface area contributed by atoms with Crippen molar-refractivity contribution in [3.8, 4) is 0 Å². The molecule has 0 spiro atoms. The molecule has 0 aromatic heterocycles. The van der Waals surface area contributed by atoms with Gasteiger partial charge in [0.25, 0.3) is 0 Å². The van der Waals surface area contributed by atoms with Crippen LogP contribution in [0.1, 0.15) is 46.5 Å². The molecule has 0 heterocycles. The molecule has 1 atom stereocenters. The quantitative estimate of drug-likeness (QED) is 0.562. The summed E-state index contributed by atoms with van der Waals surface area (Å²) in [5.74, 6) is 1.95. The molecule has 0 radical (unpaired) electrons. The molecule has 0 aliphatic rings. The molecule has 20 heavy (non-hydrogen) atoms. The Balaban J connectivity index is 2.36. The van der Waals surface area contributed by atoms with Crippen LogP contribution in [0.4, 0.5) is 0 Å². The Labute approximate surface area is 133 Å². The minimum absolute atomic E-state index is 0.620. The largest absolute Gasteiger partial charge is 0.313 e. The van der Waals surface area contributed by atoms with Gasteiger partial charge < -0.3 is 5.32 Å². The zero-order chi connectivity index (χ0) is 14.8. The fourth-order valence-corrected chi connectivity index (χ4v) is 3.23. The lowest BCUT2D eigenvalue weighted by molar-refractivity contribution is 0.462. The molecule has 1 nitrogen and oxygen atoms in total. The molecule has 0 fully saturated rings. The third-order valence-electron chi connectivity index (χ3n) is 3.28. The highest BCUT2D eigenvalue weighted by Crippen LogP contribution is 2.22. The number of halogens is 1. The van der Waals surface area contributed by atoms with Crippen LogP contribution in [0.2, 0.25) is 5.02 Å². The van der Waals surface area contributed by atoms with Crippen LogP contribution in [0, 0.1) is 5.92 Å². The summed E-state index contributed by atoms with van der Waals surface area (Å²) in [5, 5.41) is 4.49. The summed E-state index contributed by atoms with van der Waals surface area (Å²) in [6, 6.07) is 8.78. The monoisotopic (exact) mass is 313 g/mol. The fraction of sp³-hybridized carbons (Fsp3) is 0.647. The third kappa shape index (κ3) is 8.18. The highest BCUT2D eigenvalue weighted by molar-refractivity contribution is 7.99. The topological polar surface area (TPSA) is 12.0 Å². The first-order chi connectivity index (χ1) is 9.61. The zero-order valence-corrected chi connectivity index (χ0v) is 14.6. The van der Waals surface area contributed by atoms with E-state index >= 15 is 0 Å². The normalized spacial score (nSPS) is 12.8. The summed E-state index contributed by atoms with van der Waals surface area (Å²) in [6.45, 7) is 7.95. The highest BCUT2D eigenvalue weighted by Gasteiger charge is 2.09. The van der Waals surface area contributed by atoms with E-state index in [2.05, 4.69) is 38.2 Å². The van der Waals surface area contributed by atoms with E-state index < -0.39 is 0 Å². The number of benzene rings is 1. The van der Waals surface area contributed by atoms with Crippen molar-refractivity contribution in [3.05, 3.63) is 29.3 Å². The van der Waals surface area contributed by atoms with Gasteiger partial charge in [-0.3, -0.25) is 0 Å². The van der Waals surface area contributed by atoms with Crippen LogP contribution in [-0.4, -0.2) is 18.3 Å². The third-order valence-corrected chi connectivity index (χ3v) is 4.71. The molecule has 0 bridgehead atoms. The first-order valence-electron chi connectivity index (χ1n) is 7.73. The maximum absolute atomic E-state index is 5.92. The Bertz CT molecular complexity index is 351. The number of hydrogen-bond donors (Lipinski definition) is 1. The average molecular weight is 314 g/mol. The summed E-state index contributed by atoms with van der Waals surface area (Å²) in [4.78, 5) is 1.31. The fourth-order valence-electron chi connectivity index (χ4n) is 2.09. The van der Waals surface area contributed by atoms with Crippen LogP contribution in [0.5, 0.6) is 0 Å². The van der Waals surface area contributed by atoms with Gasteiger partial charge in [-0.1, -0.05) is 45.2 Å². The van der Waals surface area contributed by atoms with Crippen molar-refractivity contribution in [1.29, 1.82) is 0 Å². The van der Waals surface area contributed by atoms with Gasteiger partial charge in [-0.25, -0.2) is 0 Å². The summed E-state index contributed by atoms with van der Waals surface area (Å²) in [7, 11) is 0. The van der Waals surface area contributed by atoms with Crippen molar-refractivity contribution < 1.29 is 0 Å². The zero-order valence-electron chi connectivity index (χ0n) is 13.0. The maximum atomic E-state index is 5.92. The molecule has 1 unspecified atom stereocenters. The van der Waals surface area contributed by atoms with E-state index in [1.165, 1.54) is 30.6 Å². The number of nitrogens with one attached hydrogen (secondary N) is 1. The van der Waals surface area contributed by atoms with E-state index in [0.29, 0.717) is 6.04 Å². The van der Waals surface area contributed by atoms with Crippen molar-refractivity contribution in [2.45, 2.75) is 57.4 Å². The van der Waals surface area contributed by atoms with Crippen LogP contribution in [0.3, 0.4) is 0 Å². The lowest BCUT2D eigenvalue weighted by Gasteiger charge is -2.18. The number of thioether (sulfide) groups is 1. The van der Waals surface area contributed by atoms with E-state index in [1.54, 1.807) is 0 Å². The van der Waals surface area contributed by atoms with Gasteiger partial charge in [0.15, 0.2) is 0 Å². The van der Waals surface area contributed by atoms with Gasteiger partial charge in [0, 0.05) is 21.7 Å². The maximum Gasteiger partial charge on any atom is 0.0406 e. The second-order valence-electron chi connectivity index (χ2n) is 5.74. The second-order valence-corrected chi connectivity index (χ2v) is 7.27. The van der Waals surface area contributed by atoms with Crippen molar-refractivity contribution >= 4 is 23.4 Å². The van der Waals surface area contributed by atoms with Crippen molar-refractivity contribution in [3.63, 3.8) is 0 Å². The molecular weight excluding hydrogens is 286 g/mol. The second kappa shape index (κ2) is 10.5. The van der Waals surface area contributed by atoms with Gasteiger partial charge in [0.2, 0.25) is 0 Å². The van der Waals surface area contributed by atoms with Crippen LogP contribution in [0.15, 0.2) is 29.2 Å². The van der Waals surface area contributed by atoms with Gasteiger partial charge in [-0.15, -0.1) is 11.8 Å².